The molecule has 0 aromatic carbocycles. The van der Waals surface area contributed by atoms with Crippen LogP contribution in [0.2, 0.25) is 0 Å². The average molecular weight is 267 g/mol. The molecule has 19 heavy (non-hydrogen) atoms. The molecule has 1 saturated heterocycles. The van der Waals surface area contributed by atoms with Crippen LogP contribution in [0.5, 0.6) is 0 Å². The van der Waals surface area contributed by atoms with Gasteiger partial charge in [0.15, 0.2) is 0 Å². The molecule has 2 aliphatic rings. The second-order valence-electron chi connectivity index (χ2n) is 7.36. The molecule has 1 aliphatic carbocycles. The van der Waals surface area contributed by atoms with Crippen LogP contribution in [0.1, 0.15) is 66.7 Å². The predicted octanol–water partition coefficient (Wildman–Crippen LogP) is 3.99. The van der Waals surface area contributed by atoms with Crippen LogP contribution >= 0.6 is 0 Å². The van der Waals surface area contributed by atoms with Gasteiger partial charge in [-0.25, -0.2) is 0 Å². The fraction of sp³-hybridized carbons (Fsp3) is 1.00. The quantitative estimate of drug-likeness (QED) is 0.813. The van der Waals surface area contributed by atoms with Crippen molar-refractivity contribution in [2.45, 2.75) is 85.0 Å². The van der Waals surface area contributed by atoms with Crippen molar-refractivity contribution >= 4 is 0 Å². The Labute approximate surface area is 119 Å². The third-order valence-electron chi connectivity index (χ3n) is 5.94. The van der Waals surface area contributed by atoms with Gasteiger partial charge in [0, 0.05) is 12.6 Å². The molecule has 0 aromatic rings. The van der Waals surface area contributed by atoms with E-state index in [0.717, 1.165) is 18.4 Å². The fourth-order valence-electron chi connectivity index (χ4n) is 4.24. The number of hydrogen-bond acceptors (Lipinski definition) is 2. The molecule has 2 fully saturated rings. The summed E-state index contributed by atoms with van der Waals surface area (Å²) in [5.74, 6) is 1.64. The molecule has 0 spiro atoms. The van der Waals surface area contributed by atoms with E-state index >= 15 is 0 Å². The Morgan fingerprint density at radius 1 is 1.26 bits per heavy atom. The third kappa shape index (κ3) is 3.16. The lowest BCUT2D eigenvalue weighted by Gasteiger charge is -2.39. The van der Waals surface area contributed by atoms with E-state index in [1.54, 1.807) is 0 Å². The summed E-state index contributed by atoms with van der Waals surface area (Å²) in [6, 6.07) is 0.615. The molecule has 1 aliphatic heterocycles. The Balaban J connectivity index is 1.88. The molecule has 5 unspecified atom stereocenters. The van der Waals surface area contributed by atoms with E-state index in [1.165, 1.54) is 32.1 Å². The van der Waals surface area contributed by atoms with Crippen molar-refractivity contribution in [3.05, 3.63) is 0 Å². The summed E-state index contributed by atoms with van der Waals surface area (Å²) in [5.41, 5.74) is 0.481. The lowest BCUT2D eigenvalue weighted by molar-refractivity contribution is -0.0845. The Morgan fingerprint density at radius 3 is 2.63 bits per heavy atom. The highest BCUT2D eigenvalue weighted by molar-refractivity contribution is 4.99. The maximum absolute atomic E-state index is 6.41. The number of fused-ring (bicyclic) bond motifs is 1. The summed E-state index contributed by atoms with van der Waals surface area (Å²) in [6.07, 6.45) is 7.36. The molecule has 2 rings (SSSR count). The van der Waals surface area contributed by atoms with E-state index < -0.39 is 0 Å². The molecule has 1 heterocycles. The van der Waals surface area contributed by atoms with E-state index in [0.29, 0.717) is 23.7 Å². The summed E-state index contributed by atoms with van der Waals surface area (Å²) >= 11 is 0. The van der Waals surface area contributed by atoms with Crippen molar-refractivity contribution in [3.8, 4) is 0 Å². The van der Waals surface area contributed by atoms with Crippen LogP contribution in [0.15, 0.2) is 0 Å². The van der Waals surface area contributed by atoms with Crippen LogP contribution in [0, 0.1) is 17.3 Å². The van der Waals surface area contributed by atoms with Gasteiger partial charge in [-0.15, -0.1) is 0 Å². The van der Waals surface area contributed by atoms with Crippen molar-refractivity contribution in [3.63, 3.8) is 0 Å². The molecular weight excluding hydrogens is 234 g/mol. The van der Waals surface area contributed by atoms with Crippen LogP contribution in [-0.4, -0.2) is 24.8 Å². The minimum atomic E-state index is 0.446. The van der Waals surface area contributed by atoms with Gasteiger partial charge in [0.1, 0.15) is 0 Å². The van der Waals surface area contributed by atoms with Gasteiger partial charge in [-0.1, -0.05) is 34.1 Å². The lowest BCUT2D eigenvalue weighted by atomic mass is 9.72. The average Bonchev–Trinajstić information content (AvgIpc) is 2.66. The summed E-state index contributed by atoms with van der Waals surface area (Å²) < 4.78 is 6.41. The van der Waals surface area contributed by atoms with Gasteiger partial charge in [0.25, 0.3) is 0 Å². The van der Waals surface area contributed by atoms with Gasteiger partial charge in [0.2, 0.25) is 0 Å². The molecule has 112 valence electrons. The van der Waals surface area contributed by atoms with Crippen molar-refractivity contribution in [2.24, 2.45) is 17.3 Å². The number of ether oxygens (including phenoxy) is 1. The zero-order chi connectivity index (χ0) is 14.0. The van der Waals surface area contributed by atoms with Crippen LogP contribution in [0.25, 0.3) is 0 Å². The number of nitrogens with one attached hydrogen (secondary N) is 1. The Hall–Kier alpha value is -0.0800. The second-order valence-corrected chi connectivity index (χ2v) is 7.36. The highest BCUT2D eigenvalue weighted by atomic mass is 16.5. The molecule has 0 radical (unpaired) electrons. The molecule has 1 N–H and O–H groups in total. The predicted molar refractivity (Wildman–Crippen MR) is 81.3 cm³/mol. The number of rotatable bonds is 5. The van der Waals surface area contributed by atoms with Crippen LogP contribution in [0.4, 0.5) is 0 Å². The van der Waals surface area contributed by atoms with Crippen LogP contribution < -0.4 is 5.32 Å². The first-order valence-corrected chi connectivity index (χ1v) is 8.37. The lowest BCUT2D eigenvalue weighted by Crippen LogP contribution is -2.42. The van der Waals surface area contributed by atoms with Crippen molar-refractivity contribution < 1.29 is 4.74 Å². The molecule has 0 bridgehead atoms. The highest BCUT2D eigenvalue weighted by Crippen LogP contribution is 2.53. The normalized spacial score (nSPS) is 39.0. The monoisotopic (exact) mass is 267 g/mol. The molecule has 5 atom stereocenters. The van der Waals surface area contributed by atoms with E-state index in [4.69, 9.17) is 4.74 Å². The first kappa shape index (κ1) is 15.3. The van der Waals surface area contributed by atoms with E-state index in [1.807, 2.05) is 0 Å². The molecule has 0 aromatic heterocycles. The van der Waals surface area contributed by atoms with Gasteiger partial charge in [0.05, 0.1) is 12.2 Å². The Morgan fingerprint density at radius 2 is 2.00 bits per heavy atom. The van der Waals surface area contributed by atoms with E-state index in [2.05, 4.69) is 39.9 Å². The second kappa shape index (κ2) is 6.13. The topological polar surface area (TPSA) is 21.3 Å². The van der Waals surface area contributed by atoms with E-state index in [-0.39, 0.29) is 0 Å². The van der Waals surface area contributed by atoms with Crippen LogP contribution in [-0.2, 0) is 4.74 Å². The first-order valence-electron chi connectivity index (χ1n) is 8.37. The Kier molecular flexibility index (Phi) is 4.94. The molecule has 2 heteroatoms. The van der Waals surface area contributed by atoms with Gasteiger partial charge in [-0.05, 0) is 49.9 Å². The summed E-state index contributed by atoms with van der Waals surface area (Å²) in [7, 11) is 0. The smallest absolute Gasteiger partial charge is 0.0703 e. The van der Waals surface area contributed by atoms with Gasteiger partial charge in [-0.3, -0.25) is 0 Å². The van der Waals surface area contributed by atoms with E-state index in [9.17, 15) is 0 Å². The van der Waals surface area contributed by atoms with Crippen LogP contribution in [0.3, 0.4) is 0 Å². The minimum Gasteiger partial charge on any atom is -0.373 e. The maximum Gasteiger partial charge on any atom is 0.0703 e. The molecule has 0 amide bonds. The zero-order valence-corrected chi connectivity index (χ0v) is 13.5. The van der Waals surface area contributed by atoms with Crippen molar-refractivity contribution in [1.82, 2.24) is 5.32 Å². The summed E-state index contributed by atoms with van der Waals surface area (Å²) in [6.45, 7) is 12.8. The minimum absolute atomic E-state index is 0.446. The number of hydrogen-bond donors (Lipinski definition) is 1. The van der Waals surface area contributed by atoms with Crippen molar-refractivity contribution in [2.75, 3.05) is 6.54 Å². The van der Waals surface area contributed by atoms with Gasteiger partial charge >= 0.3 is 0 Å². The zero-order valence-electron chi connectivity index (χ0n) is 13.5. The van der Waals surface area contributed by atoms with Crippen molar-refractivity contribution in [1.29, 1.82) is 0 Å². The summed E-state index contributed by atoms with van der Waals surface area (Å²) in [4.78, 5) is 0. The first-order chi connectivity index (χ1) is 8.98. The van der Waals surface area contributed by atoms with Gasteiger partial charge in [-0.2, -0.15) is 0 Å². The molecule has 1 saturated carbocycles. The highest BCUT2D eigenvalue weighted by Gasteiger charge is 2.50. The fourth-order valence-corrected chi connectivity index (χ4v) is 4.24. The third-order valence-corrected chi connectivity index (χ3v) is 5.94. The van der Waals surface area contributed by atoms with Gasteiger partial charge < -0.3 is 10.1 Å². The largest absolute Gasteiger partial charge is 0.373 e. The maximum atomic E-state index is 6.41. The molecular formula is C17H33NO. The summed E-state index contributed by atoms with van der Waals surface area (Å²) in [5, 5.41) is 3.60. The molecule has 2 nitrogen and oxygen atoms in total. The standard InChI is InChI=1S/C17H33NO/c1-6-12(3)18-11-14-8-9-15-16(19-14)10-13(7-2)17(15,4)5/h12-16,18H,6-11H2,1-5H3. The SMILES string of the molecule is CCC(C)NCC1CCC2C(CC(CC)C2(C)C)O1. The Bertz CT molecular complexity index is 289.